The number of hydrogen-bond donors (Lipinski definition) is 2. The predicted octanol–water partition coefficient (Wildman–Crippen LogP) is 4.05. The third-order valence-electron chi connectivity index (χ3n) is 3.55. The minimum Gasteiger partial charge on any atom is -0.434 e. The fourth-order valence-corrected chi connectivity index (χ4v) is 2.98. The molecule has 0 saturated carbocycles. The second kappa shape index (κ2) is 7.33. The third-order valence-corrected chi connectivity index (χ3v) is 4.24. The average molecular weight is 345 g/mol. The van der Waals surface area contributed by atoms with E-state index in [-0.39, 0.29) is 12.3 Å². The molecule has 0 bridgehead atoms. The van der Waals surface area contributed by atoms with Gasteiger partial charge in [0, 0.05) is 24.2 Å². The zero-order chi connectivity index (χ0) is 17.0. The molecule has 0 aliphatic carbocycles. The van der Waals surface area contributed by atoms with Crippen LogP contribution < -0.4 is 10.1 Å². The minimum atomic E-state index is -3.03. The molecule has 1 heterocycles. The first-order valence-electron chi connectivity index (χ1n) is 7.02. The van der Waals surface area contributed by atoms with Crippen LogP contribution in [0.1, 0.15) is 31.0 Å². The second-order valence-electron chi connectivity index (χ2n) is 5.45. The van der Waals surface area contributed by atoms with Crippen LogP contribution in [0.5, 0.6) is 5.75 Å². The molecule has 126 valence electrons. The van der Waals surface area contributed by atoms with Crippen LogP contribution >= 0.6 is 11.3 Å². The molecule has 0 amide bonds. The van der Waals surface area contributed by atoms with Crippen LogP contribution in [0.25, 0.3) is 0 Å². The van der Waals surface area contributed by atoms with Crippen molar-refractivity contribution in [2.24, 2.45) is 0 Å². The third kappa shape index (κ3) is 4.70. The fourth-order valence-electron chi connectivity index (χ4n) is 2.20. The zero-order valence-corrected chi connectivity index (χ0v) is 13.5. The van der Waals surface area contributed by atoms with Crippen LogP contribution in [0.15, 0.2) is 35.0 Å². The number of hydrogen-bond acceptors (Lipinski definition) is 4. The first kappa shape index (κ1) is 17.8. The van der Waals surface area contributed by atoms with Gasteiger partial charge in [-0.2, -0.15) is 20.1 Å². The molecule has 2 rings (SSSR count). The number of rotatable bonds is 7. The van der Waals surface area contributed by atoms with E-state index >= 15 is 0 Å². The lowest BCUT2D eigenvalue weighted by Crippen LogP contribution is -2.36. The lowest BCUT2D eigenvalue weighted by atomic mass is 9.98. The maximum Gasteiger partial charge on any atom is 0.387 e. The summed E-state index contributed by atoms with van der Waals surface area (Å²) in [5, 5.41) is 17.2. The van der Waals surface area contributed by atoms with Crippen molar-refractivity contribution >= 4 is 11.3 Å². The van der Waals surface area contributed by atoms with Gasteiger partial charge in [-0.25, -0.2) is 4.39 Å². The Hall–Kier alpha value is -1.57. The number of alkyl halides is 2. The Bertz CT molecular complexity index is 632. The van der Waals surface area contributed by atoms with Gasteiger partial charge in [0.15, 0.2) is 0 Å². The molecule has 0 radical (unpaired) electrons. The maximum absolute atomic E-state index is 13.2. The highest BCUT2D eigenvalue weighted by molar-refractivity contribution is 7.08. The van der Waals surface area contributed by atoms with Gasteiger partial charge < -0.3 is 15.2 Å². The van der Waals surface area contributed by atoms with Gasteiger partial charge in [-0.05, 0) is 42.3 Å². The van der Waals surface area contributed by atoms with Crippen molar-refractivity contribution in [2.75, 3.05) is 6.54 Å². The highest BCUT2D eigenvalue weighted by Gasteiger charge is 2.25. The summed E-state index contributed by atoms with van der Waals surface area (Å²) in [6.07, 6.45) is 0. The predicted molar refractivity (Wildman–Crippen MR) is 83.3 cm³/mol. The van der Waals surface area contributed by atoms with Crippen LogP contribution in [-0.4, -0.2) is 18.3 Å². The average Bonchev–Trinajstić information content (AvgIpc) is 2.99. The van der Waals surface area contributed by atoms with E-state index in [9.17, 15) is 18.3 Å². The molecule has 0 aliphatic heterocycles. The van der Waals surface area contributed by atoms with Gasteiger partial charge in [0.1, 0.15) is 17.2 Å². The first-order valence-corrected chi connectivity index (χ1v) is 7.96. The number of aliphatic hydroxyl groups is 1. The largest absolute Gasteiger partial charge is 0.434 e. The van der Waals surface area contributed by atoms with Gasteiger partial charge in [0.2, 0.25) is 0 Å². The smallest absolute Gasteiger partial charge is 0.387 e. The standard InChI is InChI=1S/C16H18F3NO2S/c1-10(20-9-16(2,21)11-5-6-23-8-11)13-4-3-12(17)7-14(13)22-15(18)19/h3-8,10,15,20-21H,9H2,1-2H3. The number of halogens is 3. The molecule has 7 heteroatoms. The molecule has 0 fully saturated rings. The van der Waals surface area contributed by atoms with Gasteiger partial charge in [-0.3, -0.25) is 0 Å². The van der Waals surface area contributed by atoms with E-state index in [0.717, 1.165) is 11.6 Å². The van der Waals surface area contributed by atoms with E-state index in [4.69, 9.17) is 0 Å². The van der Waals surface area contributed by atoms with Crippen molar-refractivity contribution in [1.29, 1.82) is 0 Å². The normalized spacial score (nSPS) is 15.4. The lowest BCUT2D eigenvalue weighted by molar-refractivity contribution is -0.0509. The maximum atomic E-state index is 13.2. The molecule has 0 spiro atoms. The summed E-state index contributed by atoms with van der Waals surface area (Å²) in [6, 6.07) is 4.92. The molecule has 2 unspecified atom stereocenters. The Morgan fingerprint density at radius 3 is 2.70 bits per heavy atom. The Kier molecular flexibility index (Phi) is 5.67. The summed E-state index contributed by atoms with van der Waals surface area (Å²) >= 11 is 1.48. The van der Waals surface area contributed by atoms with E-state index in [1.807, 2.05) is 16.8 Å². The van der Waals surface area contributed by atoms with Crippen LogP contribution in [-0.2, 0) is 5.60 Å². The van der Waals surface area contributed by atoms with Crippen LogP contribution in [0.4, 0.5) is 13.2 Å². The van der Waals surface area contributed by atoms with Crippen molar-refractivity contribution in [3.8, 4) is 5.75 Å². The molecule has 23 heavy (non-hydrogen) atoms. The zero-order valence-electron chi connectivity index (χ0n) is 12.7. The van der Waals surface area contributed by atoms with Crippen LogP contribution in [0, 0.1) is 5.82 Å². The minimum absolute atomic E-state index is 0.205. The van der Waals surface area contributed by atoms with Gasteiger partial charge in [-0.15, -0.1) is 0 Å². The van der Waals surface area contributed by atoms with E-state index in [2.05, 4.69) is 10.1 Å². The van der Waals surface area contributed by atoms with Crippen molar-refractivity contribution in [3.05, 3.63) is 52.0 Å². The monoisotopic (exact) mass is 345 g/mol. The number of ether oxygens (including phenoxy) is 1. The van der Waals surface area contributed by atoms with Gasteiger partial charge in [0.25, 0.3) is 0 Å². The molecule has 3 nitrogen and oxygen atoms in total. The van der Waals surface area contributed by atoms with Gasteiger partial charge in [-0.1, -0.05) is 6.07 Å². The van der Waals surface area contributed by atoms with Crippen molar-refractivity contribution in [2.45, 2.75) is 32.1 Å². The van der Waals surface area contributed by atoms with E-state index in [1.54, 1.807) is 13.8 Å². The van der Waals surface area contributed by atoms with Gasteiger partial charge >= 0.3 is 6.61 Å². The summed E-state index contributed by atoms with van der Waals surface area (Å²) in [5.41, 5.74) is 0.0658. The van der Waals surface area contributed by atoms with Crippen LogP contribution in [0.3, 0.4) is 0 Å². The summed E-state index contributed by atoms with van der Waals surface area (Å²) < 4.78 is 42.5. The summed E-state index contributed by atoms with van der Waals surface area (Å²) in [6.45, 7) is 0.568. The quantitative estimate of drug-likeness (QED) is 0.796. The Morgan fingerprint density at radius 1 is 1.35 bits per heavy atom. The number of nitrogens with one attached hydrogen (secondary N) is 1. The van der Waals surface area contributed by atoms with E-state index in [0.29, 0.717) is 5.56 Å². The Balaban J connectivity index is 2.10. The molecule has 0 aliphatic rings. The number of thiophene rings is 1. The SMILES string of the molecule is CC(NCC(C)(O)c1ccsc1)c1ccc(F)cc1OC(F)F. The Labute approximate surface area is 136 Å². The molecule has 2 atom stereocenters. The second-order valence-corrected chi connectivity index (χ2v) is 6.23. The molecular formula is C16H18F3NO2S. The van der Waals surface area contributed by atoms with Crippen molar-refractivity contribution in [1.82, 2.24) is 5.32 Å². The van der Waals surface area contributed by atoms with Crippen molar-refractivity contribution in [3.63, 3.8) is 0 Å². The lowest BCUT2D eigenvalue weighted by Gasteiger charge is -2.26. The van der Waals surface area contributed by atoms with Crippen LogP contribution in [0.2, 0.25) is 0 Å². The molecule has 2 aromatic rings. The summed E-state index contributed by atoms with van der Waals surface area (Å²) in [7, 11) is 0. The van der Waals surface area contributed by atoms with Gasteiger partial charge in [0.05, 0.1) is 0 Å². The topological polar surface area (TPSA) is 41.5 Å². The Morgan fingerprint density at radius 2 is 2.09 bits per heavy atom. The first-order chi connectivity index (χ1) is 10.8. The number of benzene rings is 1. The molecule has 2 N–H and O–H groups in total. The molecule has 1 aromatic carbocycles. The molecular weight excluding hydrogens is 327 g/mol. The fraction of sp³-hybridized carbons (Fsp3) is 0.375. The summed E-state index contributed by atoms with van der Waals surface area (Å²) in [4.78, 5) is 0. The summed E-state index contributed by atoms with van der Waals surface area (Å²) in [5.74, 6) is -0.864. The van der Waals surface area contributed by atoms with E-state index < -0.39 is 24.1 Å². The molecule has 1 aromatic heterocycles. The highest BCUT2D eigenvalue weighted by atomic mass is 32.1. The highest BCUT2D eigenvalue weighted by Crippen LogP contribution is 2.29. The molecule has 0 saturated heterocycles. The van der Waals surface area contributed by atoms with E-state index in [1.165, 1.54) is 23.5 Å². The van der Waals surface area contributed by atoms with Crippen molar-refractivity contribution < 1.29 is 23.0 Å².